The van der Waals surface area contributed by atoms with Gasteiger partial charge in [-0.1, -0.05) is 20.8 Å². The first-order chi connectivity index (χ1) is 13.2. The van der Waals surface area contributed by atoms with E-state index in [4.69, 9.17) is 4.98 Å². The van der Waals surface area contributed by atoms with E-state index in [1.165, 1.54) is 12.3 Å². The van der Waals surface area contributed by atoms with Crippen LogP contribution in [0.4, 0.5) is 0 Å². The lowest BCUT2D eigenvalue weighted by Gasteiger charge is -2.39. The van der Waals surface area contributed by atoms with Gasteiger partial charge in [-0.05, 0) is 31.7 Å². The van der Waals surface area contributed by atoms with Crippen LogP contribution in [0.1, 0.15) is 67.5 Å². The van der Waals surface area contributed by atoms with Gasteiger partial charge < -0.3 is 14.9 Å². The van der Waals surface area contributed by atoms with Gasteiger partial charge in [0, 0.05) is 41.7 Å². The third-order valence-electron chi connectivity index (χ3n) is 6.12. The van der Waals surface area contributed by atoms with E-state index < -0.39 is 0 Å². The molecule has 1 spiro atoms. The molecule has 1 fully saturated rings. The maximum atomic E-state index is 12.7. The molecule has 7 nitrogen and oxygen atoms in total. The zero-order valence-corrected chi connectivity index (χ0v) is 16.6. The van der Waals surface area contributed by atoms with Crippen LogP contribution in [0.2, 0.25) is 0 Å². The zero-order valence-electron chi connectivity index (χ0n) is 16.6. The van der Waals surface area contributed by atoms with Crippen molar-refractivity contribution in [3.8, 4) is 0 Å². The SMILES string of the molecule is CC(C)(C)c1nc2c(c(=O)[nH]1)CCC21CCN(C(=O)c2ccc(=O)[nH]c2)CC1. The Morgan fingerprint density at radius 3 is 2.46 bits per heavy atom. The molecule has 28 heavy (non-hydrogen) atoms. The molecule has 0 radical (unpaired) electrons. The van der Waals surface area contributed by atoms with Gasteiger partial charge in [0.15, 0.2) is 0 Å². The molecular formula is C21H26N4O3. The summed E-state index contributed by atoms with van der Waals surface area (Å²) in [6.45, 7) is 7.38. The minimum atomic E-state index is -0.223. The molecule has 3 heterocycles. The fourth-order valence-electron chi connectivity index (χ4n) is 4.36. The summed E-state index contributed by atoms with van der Waals surface area (Å²) in [5, 5.41) is 0. The predicted molar refractivity (Wildman–Crippen MR) is 106 cm³/mol. The van der Waals surface area contributed by atoms with Crippen LogP contribution in [-0.2, 0) is 17.3 Å². The Balaban J connectivity index is 1.58. The Hall–Kier alpha value is -2.70. The molecule has 1 amide bonds. The van der Waals surface area contributed by atoms with Crippen molar-refractivity contribution in [3.05, 3.63) is 61.7 Å². The fourth-order valence-corrected chi connectivity index (χ4v) is 4.36. The molecule has 0 atom stereocenters. The Kier molecular flexibility index (Phi) is 4.28. The van der Waals surface area contributed by atoms with E-state index >= 15 is 0 Å². The molecule has 148 valence electrons. The highest BCUT2D eigenvalue weighted by Gasteiger charge is 2.45. The van der Waals surface area contributed by atoms with Gasteiger partial charge in [0.1, 0.15) is 5.82 Å². The molecule has 2 aromatic heterocycles. The average Bonchev–Trinajstić information content (AvgIpc) is 3.01. The second-order valence-electron chi connectivity index (χ2n) is 9.01. The van der Waals surface area contributed by atoms with Crippen LogP contribution < -0.4 is 11.1 Å². The number of nitrogens with one attached hydrogen (secondary N) is 2. The second-order valence-corrected chi connectivity index (χ2v) is 9.01. The van der Waals surface area contributed by atoms with Crippen molar-refractivity contribution >= 4 is 5.91 Å². The van der Waals surface area contributed by atoms with Crippen LogP contribution in [-0.4, -0.2) is 38.8 Å². The first kappa shape index (κ1) is 18.7. The minimum absolute atomic E-state index is 0.0152. The topological polar surface area (TPSA) is 98.9 Å². The highest BCUT2D eigenvalue weighted by Crippen LogP contribution is 2.44. The summed E-state index contributed by atoms with van der Waals surface area (Å²) in [6, 6.07) is 2.93. The van der Waals surface area contributed by atoms with Crippen LogP contribution in [0.5, 0.6) is 0 Å². The molecule has 4 rings (SSSR count). The third-order valence-corrected chi connectivity index (χ3v) is 6.12. The van der Waals surface area contributed by atoms with E-state index in [0.29, 0.717) is 18.7 Å². The number of pyridine rings is 1. The number of piperidine rings is 1. The van der Waals surface area contributed by atoms with Crippen LogP contribution >= 0.6 is 0 Å². The number of carbonyl (C=O) groups is 1. The monoisotopic (exact) mass is 382 g/mol. The smallest absolute Gasteiger partial charge is 0.255 e. The quantitative estimate of drug-likeness (QED) is 0.787. The van der Waals surface area contributed by atoms with E-state index in [9.17, 15) is 14.4 Å². The fraction of sp³-hybridized carbons (Fsp3) is 0.524. The zero-order chi connectivity index (χ0) is 20.1. The summed E-state index contributed by atoms with van der Waals surface area (Å²) >= 11 is 0. The number of likely N-dealkylation sites (tertiary alicyclic amines) is 1. The molecule has 2 aliphatic rings. The minimum Gasteiger partial charge on any atom is -0.339 e. The summed E-state index contributed by atoms with van der Waals surface area (Å²) in [6.07, 6.45) is 4.73. The molecule has 1 saturated heterocycles. The summed E-state index contributed by atoms with van der Waals surface area (Å²) in [4.78, 5) is 48.8. The number of rotatable bonds is 1. The molecule has 2 N–H and O–H groups in total. The van der Waals surface area contributed by atoms with Crippen molar-refractivity contribution in [2.24, 2.45) is 0 Å². The van der Waals surface area contributed by atoms with E-state index in [1.54, 1.807) is 6.07 Å². The second kappa shape index (κ2) is 6.43. The van der Waals surface area contributed by atoms with Crippen molar-refractivity contribution < 1.29 is 4.79 Å². The number of aromatic nitrogens is 3. The van der Waals surface area contributed by atoms with Crippen LogP contribution in [0.25, 0.3) is 0 Å². The average molecular weight is 382 g/mol. The third kappa shape index (κ3) is 3.08. The Morgan fingerprint density at radius 2 is 1.86 bits per heavy atom. The van der Waals surface area contributed by atoms with Crippen LogP contribution in [0.15, 0.2) is 27.9 Å². The Morgan fingerprint density at radius 1 is 1.14 bits per heavy atom. The molecule has 2 aromatic rings. The van der Waals surface area contributed by atoms with Crippen molar-refractivity contribution in [2.45, 2.75) is 57.3 Å². The van der Waals surface area contributed by atoms with Gasteiger partial charge in [0.2, 0.25) is 5.56 Å². The molecule has 0 saturated carbocycles. The number of carbonyl (C=O) groups excluding carboxylic acids is 1. The Bertz CT molecular complexity index is 1020. The molecular weight excluding hydrogens is 356 g/mol. The standard InChI is InChI=1S/C21H26N4O3/c1-20(2,3)19-23-16-14(17(27)24-19)6-7-21(16)8-10-25(11-9-21)18(28)13-4-5-15(26)22-12-13/h4-5,12H,6-11H2,1-3H3,(H,22,26)(H,23,24,27). The molecule has 0 aromatic carbocycles. The van der Waals surface area contributed by atoms with Crippen molar-refractivity contribution in [2.75, 3.05) is 13.1 Å². The molecule has 0 bridgehead atoms. The number of hydrogen-bond donors (Lipinski definition) is 2. The molecule has 7 heteroatoms. The lowest BCUT2D eigenvalue weighted by molar-refractivity contribution is 0.0663. The van der Waals surface area contributed by atoms with Gasteiger partial charge >= 0.3 is 0 Å². The highest BCUT2D eigenvalue weighted by atomic mass is 16.2. The maximum Gasteiger partial charge on any atom is 0.255 e. The van der Waals surface area contributed by atoms with E-state index in [-0.39, 0.29) is 27.9 Å². The van der Waals surface area contributed by atoms with Gasteiger partial charge in [0.05, 0.1) is 11.3 Å². The van der Waals surface area contributed by atoms with Crippen LogP contribution in [0, 0.1) is 0 Å². The largest absolute Gasteiger partial charge is 0.339 e. The van der Waals surface area contributed by atoms with Crippen molar-refractivity contribution in [1.82, 2.24) is 19.9 Å². The molecule has 0 unspecified atom stereocenters. The summed E-state index contributed by atoms with van der Waals surface area (Å²) in [5.41, 5.74) is 1.67. The number of nitrogens with zero attached hydrogens (tertiary/aromatic N) is 2. The lowest BCUT2D eigenvalue weighted by atomic mass is 9.76. The first-order valence-electron chi connectivity index (χ1n) is 9.82. The molecule has 1 aliphatic heterocycles. The highest BCUT2D eigenvalue weighted by molar-refractivity contribution is 5.93. The van der Waals surface area contributed by atoms with Crippen LogP contribution in [0.3, 0.4) is 0 Å². The summed E-state index contributed by atoms with van der Waals surface area (Å²) in [5.74, 6) is 0.655. The normalized spacial score (nSPS) is 18.3. The first-order valence-corrected chi connectivity index (χ1v) is 9.82. The van der Waals surface area contributed by atoms with Crippen molar-refractivity contribution in [3.63, 3.8) is 0 Å². The number of amides is 1. The van der Waals surface area contributed by atoms with Gasteiger partial charge in [-0.2, -0.15) is 0 Å². The van der Waals surface area contributed by atoms with Gasteiger partial charge in [-0.25, -0.2) is 4.98 Å². The lowest BCUT2D eigenvalue weighted by Crippen LogP contribution is -2.45. The van der Waals surface area contributed by atoms with Gasteiger partial charge in [0.25, 0.3) is 11.5 Å². The predicted octanol–water partition coefficient (Wildman–Crippen LogP) is 1.88. The number of fused-ring (bicyclic) bond motifs is 2. The van der Waals surface area contributed by atoms with E-state index in [1.807, 2.05) is 25.7 Å². The number of aromatic amines is 2. The summed E-state index contributed by atoms with van der Waals surface area (Å²) < 4.78 is 0. The number of H-pyrrole nitrogens is 2. The van der Waals surface area contributed by atoms with Gasteiger partial charge in [-0.3, -0.25) is 14.4 Å². The maximum absolute atomic E-state index is 12.7. The van der Waals surface area contributed by atoms with Gasteiger partial charge in [-0.15, -0.1) is 0 Å². The Labute approximate surface area is 163 Å². The van der Waals surface area contributed by atoms with Crippen molar-refractivity contribution in [1.29, 1.82) is 0 Å². The number of hydrogen-bond acceptors (Lipinski definition) is 4. The van der Waals surface area contributed by atoms with E-state index in [0.717, 1.165) is 42.8 Å². The molecule has 1 aliphatic carbocycles. The summed E-state index contributed by atoms with van der Waals surface area (Å²) in [7, 11) is 0. The van der Waals surface area contributed by atoms with E-state index in [2.05, 4.69) is 9.97 Å².